The number of fused-ring (bicyclic) bond motifs is 2. The van der Waals surface area contributed by atoms with Crippen LogP contribution in [0.4, 0.5) is 0 Å². The van der Waals surface area contributed by atoms with Crippen LogP contribution in [0.3, 0.4) is 0 Å². The Balaban J connectivity index is 0.000000206. The van der Waals surface area contributed by atoms with E-state index in [1.807, 2.05) is 0 Å². The molecule has 4 aliphatic rings. The van der Waals surface area contributed by atoms with E-state index in [-0.39, 0.29) is 65.0 Å². The lowest BCUT2D eigenvalue weighted by Gasteiger charge is -2.41. The second-order valence-corrected chi connectivity index (χ2v) is 51.8. The summed E-state index contributed by atoms with van der Waals surface area (Å²) in [6, 6.07) is 69.7. The zero-order valence-electron chi connectivity index (χ0n) is 87.4. The lowest BCUT2D eigenvalue weighted by Crippen LogP contribution is -2.45. The van der Waals surface area contributed by atoms with E-state index in [1.54, 1.807) is 0 Å². The molecule has 0 aliphatic carbocycles. The molecule has 4 aliphatic heterocycles. The zero-order chi connectivity index (χ0) is 97.4. The van der Waals surface area contributed by atoms with Crippen LogP contribution in [0.2, 0.25) is 0 Å². The molecule has 0 bridgehead atoms. The number of unbranched alkanes of at least 4 members (excludes halogenated alkanes) is 6. The molecule has 0 aromatic heterocycles. The maximum absolute atomic E-state index is 6.85. The molecule has 3 saturated heterocycles. The maximum Gasteiger partial charge on any atom is 0.463 e. The third kappa shape index (κ3) is 26.9. The predicted octanol–water partition coefficient (Wildman–Crippen LogP) is 34.6. The summed E-state index contributed by atoms with van der Waals surface area (Å²) in [6.07, 6.45) is 12.8. The summed E-state index contributed by atoms with van der Waals surface area (Å²) in [7, 11) is -6.35. The van der Waals surface area contributed by atoms with Gasteiger partial charge in [0.1, 0.15) is 28.7 Å². The average molecular weight is 1890 g/mol. The van der Waals surface area contributed by atoms with E-state index in [4.69, 9.17) is 54.3 Å². The maximum atomic E-state index is 6.85. The van der Waals surface area contributed by atoms with E-state index in [0.29, 0.717) is 33.0 Å². The highest BCUT2D eigenvalue weighted by atomic mass is 31.2. The molecule has 0 radical (unpaired) electrons. The molecule has 13 rings (SSSR count). The van der Waals surface area contributed by atoms with Gasteiger partial charge in [0.25, 0.3) is 0 Å². The van der Waals surface area contributed by atoms with Crippen molar-refractivity contribution in [2.24, 2.45) is 10.8 Å². The van der Waals surface area contributed by atoms with Gasteiger partial charge < -0.3 is 49.8 Å². The molecule has 16 heteroatoms. The van der Waals surface area contributed by atoms with E-state index < -0.39 is 39.8 Å². The van der Waals surface area contributed by atoms with Crippen LogP contribution in [-0.2, 0) is 97.7 Å². The first-order valence-corrected chi connectivity index (χ1v) is 53.6. The Bertz CT molecular complexity index is 4950. The van der Waals surface area contributed by atoms with Gasteiger partial charge in [-0.05, 0) is 130 Å². The summed E-state index contributed by atoms with van der Waals surface area (Å²) in [5, 5.41) is 0. The second-order valence-electron chi connectivity index (χ2n) is 47.3. The summed E-state index contributed by atoms with van der Waals surface area (Å²) in [5.74, 6) is 4.36. The van der Waals surface area contributed by atoms with Crippen molar-refractivity contribution in [2.75, 3.05) is 46.2 Å². The van der Waals surface area contributed by atoms with Crippen molar-refractivity contribution in [1.82, 2.24) is 0 Å². The van der Waals surface area contributed by atoms with Crippen LogP contribution >= 0.6 is 34.4 Å². The quantitative estimate of drug-likeness (QED) is 0.0380. The molecule has 133 heavy (non-hydrogen) atoms. The Kier molecular flexibility index (Phi) is 34.9. The SMILES string of the molecule is CC(C)(c1ccccc1)c1ccc(OP2OCC3(CO2)COP(Oc2ccc(C(C)(C)c4ccccc4)cc2C(C)(C)c2ccccc2)OC3)c(C(C)(C)c2ccccc2)c1.CCCCC1(CC)COP(Oc2c(C(C)(C)C)cc(C(C)(C)C)cc2C(C)(C)C)OC1.CCCCCCCCOP1Oc2c(cc(C(C)(C)C)cc2C(C)(C)C)Cc2cc(C(C)(C)C)cc(C(C)(C)C)c2O1. The summed E-state index contributed by atoms with van der Waals surface area (Å²) in [5.41, 5.74) is 19.3. The second kappa shape index (κ2) is 43.4. The van der Waals surface area contributed by atoms with E-state index >= 15 is 0 Å². The number of benzene rings is 9. The zero-order valence-corrected chi connectivity index (χ0v) is 91.0. The highest BCUT2D eigenvalue weighted by molar-refractivity contribution is 7.43. The van der Waals surface area contributed by atoms with Crippen LogP contribution in [-0.4, -0.2) is 46.2 Å². The van der Waals surface area contributed by atoms with Crippen molar-refractivity contribution in [3.05, 3.63) is 289 Å². The molecule has 1 spiro atoms. The Morgan fingerprint density at radius 3 is 0.925 bits per heavy atom. The molecule has 12 nitrogen and oxygen atoms in total. The fourth-order valence-electron chi connectivity index (χ4n) is 17.6. The number of rotatable bonds is 26. The largest absolute Gasteiger partial charge is 0.463 e. The third-order valence-electron chi connectivity index (χ3n) is 27.6. The minimum atomic E-state index is -1.67. The first-order chi connectivity index (χ1) is 62.1. The standard InChI is InChI=1S/C53H58O6P2.C37H59O3P.C27H47O3P/c1-49(2,39-21-13-9-14-22-39)43-29-31-47(45(33-43)51(5,6)41-25-17-11-18-26-41)58-60-54-35-53(36-55-60)37-56-61(57-38-53)59-48-32-30-44(50(3,4)40-23-15-10-16-24-40)34-46(48)52(7,8)42-27-19-12-20-28-42;1-14-15-16-17-18-19-20-38-41-39-32-26(22-28(34(2,3)4)24-30(32)36(8,9)10)21-27-23-29(35(5,6)7)25-31(33(27)40-41)37(11,12)13;1-12-14-15-27(13-2)18-28-31(29-19-27)30-23-21(25(6,7)8)16-20(24(3,4)5)17-22(23)26(9,10)11/h9-34H,35-38H2,1-8H3;22-25H,14-21H2,1-13H3;16-17H,12-15,18-19H2,1-11H3. The summed E-state index contributed by atoms with van der Waals surface area (Å²) < 4.78 is 78.2. The van der Waals surface area contributed by atoms with Crippen molar-refractivity contribution in [2.45, 2.75) is 352 Å². The molecule has 9 aromatic carbocycles. The van der Waals surface area contributed by atoms with Gasteiger partial charge in [0.15, 0.2) is 0 Å². The monoisotopic (exact) mass is 1890 g/mol. The summed E-state index contributed by atoms with van der Waals surface area (Å²) >= 11 is 0. The Labute approximate surface area is 809 Å². The molecule has 0 saturated carbocycles. The minimum Gasteiger partial charge on any atom is -0.426 e. The Hall–Kier alpha value is -6.58. The van der Waals surface area contributed by atoms with E-state index in [2.05, 4.69) is 416 Å². The minimum absolute atomic E-state index is 0.0273. The van der Waals surface area contributed by atoms with Gasteiger partial charge in [-0.2, -0.15) is 0 Å². The average Bonchev–Trinajstić information content (AvgIpc) is 0.754. The van der Waals surface area contributed by atoms with Gasteiger partial charge in [-0.15, -0.1) is 0 Å². The number of hydrogen-bond acceptors (Lipinski definition) is 12. The van der Waals surface area contributed by atoms with E-state index in [0.717, 1.165) is 78.8 Å². The lowest BCUT2D eigenvalue weighted by atomic mass is 9.73. The van der Waals surface area contributed by atoms with Gasteiger partial charge in [0.05, 0.1) is 51.7 Å². The molecule has 0 unspecified atom stereocenters. The van der Waals surface area contributed by atoms with Gasteiger partial charge in [-0.3, -0.25) is 4.52 Å². The smallest absolute Gasteiger partial charge is 0.426 e. The van der Waals surface area contributed by atoms with Gasteiger partial charge in [0.2, 0.25) is 0 Å². The number of hydrogen-bond donors (Lipinski definition) is 0. The molecule has 724 valence electrons. The van der Waals surface area contributed by atoms with Crippen LogP contribution in [0, 0.1) is 10.8 Å². The molecule has 0 N–H and O–H groups in total. The van der Waals surface area contributed by atoms with Crippen molar-refractivity contribution in [1.29, 1.82) is 0 Å². The molecule has 3 fully saturated rings. The van der Waals surface area contributed by atoms with Crippen molar-refractivity contribution >= 4 is 34.4 Å². The normalized spacial score (nSPS) is 19.2. The van der Waals surface area contributed by atoms with Crippen molar-refractivity contribution in [3.63, 3.8) is 0 Å². The van der Waals surface area contributed by atoms with E-state index in [9.17, 15) is 0 Å². The van der Waals surface area contributed by atoms with Gasteiger partial charge in [0, 0.05) is 66.9 Å². The molecular formula is C117H164O12P4. The Morgan fingerprint density at radius 1 is 0.278 bits per heavy atom. The van der Waals surface area contributed by atoms with Gasteiger partial charge in [-0.25, -0.2) is 0 Å². The van der Waals surface area contributed by atoms with Crippen LogP contribution in [0.15, 0.2) is 194 Å². The highest BCUT2D eigenvalue weighted by Gasteiger charge is 2.48. The molecule has 0 atom stereocenters. The van der Waals surface area contributed by atoms with Crippen molar-refractivity contribution < 1.29 is 54.3 Å². The fourth-order valence-corrected chi connectivity index (χ4v) is 22.6. The highest BCUT2D eigenvalue weighted by Crippen LogP contribution is 2.60. The van der Waals surface area contributed by atoms with Crippen LogP contribution in [0.5, 0.6) is 28.7 Å². The van der Waals surface area contributed by atoms with E-state index in [1.165, 1.54) is 128 Å². The first kappa shape index (κ1) is 107. The van der Waals surface area contributed by atoms with Crippen LogP contribution in [0.25, 0.3) is 0 Å². The van der Waals surface area contributed by atoms with Crippen molar-refractivity contribution in [3.8, 4) is 28.7 Å². The lowest BCUT2D eigenvalue weighted by molar-refractivity contribution is -0.0673. The predicted molar refractivity (Wildman–Crippen MR) is 561 cm³/mol. The molecular weight excluding hydrogens is 1720 g/mol. The summed E-state index contributed by atoms with van der Waals surface area (Å²) in [6.45, 7) is 76.3. The van der Waals surface area contributed by atoms with Crippen LogP contribution < -0.4 is 22.6 Å². The fraction of sp³-hybridized carbons (Fsp3) is 0.538. The Morgan fingerprint density at radius 2 is 0.586 bits per heavy atom. The molecule has 0 amide bonds. The molecule has 4 heterocycles. The first-order valence-electron chi connectivity index (χ1n) is 49.2. The summed E-state index contributed by atoms with van der Waals surface area (Å²) in [4.78, 5) is 0. The van der Waals surface area contributed by atoms with Gasteiger partial charge in [-0.1, -0.05) is 448 Å². The third-order valence-corrected chi connectivity index (χ3v) is 31.7. The van der Waals surface area contributed by atoms with Crippen LogP contribution in [0.1, 0.15) is 380 Å². The topological polar surface area (TPSA) is 111 Å². The van der Waals surface area contributed by atoms with Gasteiger partial charge >= 0.3 is 34.4 Å². The molecule has 9 aromatic rings.